The third-order valence-corrected chi connectivity index (χ3v) is 1.97. The third-order valence-electron chi connectivity index (χ3n) is 1.97. The molecular weight excluding hydrogens is 168 g/mol. The molecule has 0 heteroatoms. The SMILES string of the molecule is C=C/C(CC)=C(\C=C/C)C(C)C.CC. The lowest BCUT2D eigenvalue weighted by atomic mass is 9.95. The molecule has 0 atom stereocenters. The molecule has 0 heterocycles. The van der Waals surface area contributed by atoms with E-state index in [1.807, 2.05) is 19.9 Å². The molecule has 0 aliphatic heterocycles. The highest BCUT2D eigenvalue weighted by atomic mass is 14.1. The van der Waals surface area contributed by atoms with Gasteiger partial charge in [-0.2, -0.15) is 0 Å². The van der Waals surface area contributed by atoms with Crippen molar-refractivity contribution >= 4 is 0 Å². The second-order valence-corrected chi connectivity index (χ2v) is 3.19. The van der Waals surface area contributed by atoms with Gasteiger partial charge in [0.1, 0.15) is 0 Å². The molecule has 0 bridgehead atoms. The van der Waals surface area contributed by atoms with E-state index in [-0.39, 0.29) is 0 Å². The Labute approximate surface area is 90.4 Å². The summed E-state index contributed by atoms with van der Waals surface area (Å²) >= 11 is 0. The molecule has 0 saturated carbocycles. The molecule has 0 aromatic carbocycles. The van der Waals surface area contributed by atoms with Gasteiger partial charge in [-0.1, -0.05) is 59.4 Å². The summed E-state index contributed by atoms with van der Waals surface area (Å²) in [6.45, 7) is 16.5. The lowest BCUT2D eigenvalue weighted by Crippen LogP contribution is -1.94. The lowest BCUT2D eigenvalue weighted by Gasteiger charge is -2.10. The first kappa shape index (κ1) is 15.7. The topological polar surface area (TPSA) is 0 Å². The Bertz CT molecular complexity index is 192. The molecule has 0 aliphatic carbocycles. The van der Waals surface area contributed by atoms with Crippen molar-refractivity contribution in [2.24, 2.45) is 5.92 Å². The first-order valence-corrected chi connectivity index (χ1v) is 5.65. The normalized spacial score (nSPS) is 12.2. The Morgan fingerprint density at radius 2 is 1.79 bits per heavy atom. The molecule has 0 saturated heterocycles. The molecule has 0 nitrogen and oxygen atoms in total. The maximum Gasteiger partial charge on any atom is -0.0216 e. The van der Waals surface area contributed by atoms with Crippen LogP contribution < -0.4 is 0 Å². The molecule has 0 aromatic rings. The zero-order valence-electron chi connectivity index (χ0n) is 10.7. The van der Waals surface area contributed by atoms with Gasteiger partial charge in [-0.05, 0) is 30.4 Å². The van der Waals surface area contributed by atoms with Crippen LogP contribution in [0.25, 0.3) is 0 Å². The first-order valence-electron chi connectivity index (χ1n) is 5.65. The van der Waals surface area contributed by atoms with Crippen molar-refractivity contribution in [2.45, 2.75) is 48.0 Å². The summed E-state index contributed by atoms with van der Waals surface area (Å²) in [6.07, 6.45) is 7.32. The fourth-order valence-corrected chi connectivity index (χ4v) is 1.32. The summed E-state index contributed by atoms with van der Waals surface area (Å²) in [4.78, 5) is 0. The van der Waals surface area contributed by atoms with E-state index in [2.05, 4.69) is 46.4 Å². The van der Waals surface area contributed by atoms with E-state index < -0.39 is 0 Å². The predicted molar refractivity (Wildman–Crippen MR) is 68.5 cm³/mol. The monoisotopic (exact) mass is 194 g/mol. The molecule has 0 unspecified atom stereocenters. The standard InChI is InChI=1S/C12H20.C2H6/c1-6-9-12(10(4)5)11(7-2)8-3;1-2/h6-7,9-10H,2,8H2,1,3-5H3;1-2H3/b9-6-,12-11-;. The summed E-state index contributed by atoms with van der Waals surface area (Å²) in [5.41, 5.74) is 2.78. The molecule has 0 fully saturated rings. The van der Waals surface area contributed by atoms with Crippen LogP contribution in [0.4, 0.5) is 0 Å². The Morgan fingerprint density at radius 3 is 2.00 bits per heavy atom. The maximum atomic E-state index is 3.83. The fourth-order valence-electron chi connectivity index (χ4n) is 1.32. The smallest absolute Gasteiger partial charge is 0.0216 e. The van der Waals surface area contributed by atoms with Crippen LogP contribution in [0.3, 0.4) is 0 Å². The molecule has 0 spiro atoms. The van der Waals surface area contributed by atoms with Crippen molar-refractivity contribution < 1.29 is 0 Å². The van der Waals surface area contributed by atoms with E-state index in [0.717, 1.165) is 6.42 Å². The molecule has 82 valence electrons. The van der Waals surface area contributed by atoms with Gasteiger partial charge in [0.25, 0.3) is 0 Å². The molecule has 0 N–H and O–H groups in total. The van der Waals surface area contributed by atoms with Gasteiger partial charge in [-0.3, -0.25) is 0 Å². The van der Waals surface area contributed by atoms with E-state index >= 15 is 0 Å². The van der Waals surface area contributed by atoms with Crippen molar-refractivity contribution in [3.05, 3.63) is 36.0 Å². The van der Waals surface area contributed by atoms with E-state index in [1.54, 1.807) is 0 Å². The van der Waals surface area contributed by atoms with Crippen molar-refractivity contribution in [2.75, 3.05) is 0 Å². The van der Waals surface area contributed by atoms with Crippen LogP contribution in [0.2, 0.25) is 0 Å². The van der Waals surface area contributed by atoms with Crippen LogP contribution in [-0.4, -0.2) is 0 Å². The number of rotatable bonds is 4. The van der Waals surface area contributed by atoms with E-state index in [0.29, 0.717) is 5.92 Å². The average molecular weight is 194 g/mol. The van der Waals surface area contributed by atoms with Crippen LogP contribution in [0, 0.1) is 5.92 Å². The van der Waals surface area contributed by atoms with E-state index in [4.69, 9.17) is 0 Å². The highest BCUT2D eigenvalue weighted by molar-refractivity contribution is 5.33. The predicted octanol–water partition coefficient (Wildman–Crippen LogP) is 5.14. The summed E-state index contributed by atoms with van der Waals surface area (Å²) < 4.78 is 0. The number of hydrogen-bond donors (Lipinski definition) is 0. The van der Waals surface area contributed by atoms with E-state index in [1.165, 1.54) is 11.1 Å². The highest BCUT2D eigenvalue weighted by Gasteiger charge is 2.02. The largest absolute Gasteiger partial charge is 0.0988 e. The number of allylic oxidation sites excluding steroid dienone is 5. The Hall–Kier alpha value is -0.780. The van der Waals surface area contributed by atoms with Gasteiger partial charge in [0.2, 0.25) is 0 Å². The second-order valence-electron chi connectivity index (χ2n) is 3.19. The molecule has 14 heavy (non-hydrogen) atoms. The molecule has 0 aromatic heterocycles. The van der Waals surface area contributed by atoms with Gasteiger partial charge < -0.3 is 0 Å². The van der Waals surface area contributed by atoms with Crippen LogP contribution in [0.5, 0.6) is 0 Å². The van der Waals surface area contributed by atoms with Gasteiger partial charge in [-0.25, -0.2) is 0 Å². The third kappa shape index (κ3) is 5.80. The van der Waals surface area contributed by atoms with Gasteiger partial charge in [0, 0.05) is 0 Å². The molecular formula is C14H26. The molecule has 0 aliphatic rings. The van der Waals surface area contributed by atoms with Crippen LogP contribution in [-0.2, 0) is 0 Å². The lowest BCUT2D eigenvalue weighted by molar-refractivity contribution is 0.776. The van der Waals surface area contributed by atoms with Gasteiger partial charge >= 0.3 is 0 Å². The summed E-state index contributed by atoms with van der Waals surface area (Å²) in [7, 11) is 0. The minimum atomic E-state index is 0.592. The van der Waals surface area contributed by atoms with Crippen LogP contribution in [0.1, 0.15) is 48.0 Å². The Balaban J connectivity index is 0. The second kappa shape index (κ2) is 10.3. The van der Waals surface area contributed by atoms with Gasteiger partial charge in [0.15, 0.2) is 0 Å². The summed E-state index contributed by atoms with van der Waals surface area (Å²) in [5.74, 6) is 0.592. The minimum absolute atomic E-state index is 0.592. The summed E-state index contributed by atoms with van der Waals surface area (Å²) in [6, 6.07) is 0. The average Bonchev–Trinajstić information content (AvgIpc) is 2.21. The van der Waals surface area contributed by atoms with Gasteiger partial charge in [-0.15, -0.1) is 0 Å². The Kier molecular flexibility index (Phi) is 11.5. The quantitative estimate of drug-likeness (QED) is 0.544. The zero-order valence-corrected chi connectivity index (χ0v) is 10.7. The van der Waals surface area contributed by atoms with E-state index in [9.17, 15) is 0 Å². The zero-order chi connectivity index (χ0) is 11.6. The van der Waals surface area contributed by atoms with Crippen molar-refractivity contribution in [1.82, 2.24) is 0 Å². The van der Waals surface area contributed by atoms with Gasteiger partial charge in [0.05, 0.1) is 0 Å². The Morgan fingerprint density at radius 1 is 1.29 bits per heavy atom. The van der Waals surface area contributed by atoms with Crippen molar-refractivity contribution in [3.8, 4) is 0 Å². The first-order chi connectivity index (χ1) is 6.67. The number of hydrogen-bond acceptors (Lipinski definition) is 0. The van der Waals surface area contributed by atoms with Crippen LogP contribution >= 0.6 is 0 Å². The van der Waals surface area contributed by atoms with Crippen molar-refractivity contribution in [3.63, 3.8) is 0 Å². The molecule has 0 amide bonds. The minimum Gasteiger partial charge on any atom is -0.0988 e. The summed E-state index contributed by atoms with van der Waals surface area (Å²) in [5, 5.41) is 0. The molecule has 0 rings (SSSR count). The molecule has 0 radical (unpaired) electrons. The fraction of sp³-hybridized carbons (Fsp3) is 0.571. The highest BCUT2D eigenvalue weighted by Crippen LogP contribution is 2.19. The van der Waals surface area contributed by atoms with Crippen molar-refractivity contribution in [1.29, 1.82) is 0 Å². The maximum absolute atomic E-state index is 3.83. The van der Waals surface area contributed by atoms with Crippen LogP contribution in [0.15, 0.2) is 36.0 Å².